The Kier molecular flexibility index (Phi) is 4.52. The van der Waals surface area contributed by atoms with Gasteiger partial charge in [0.15, 0.2) is 0 Å². The van der Waals surface area contributed by atoms with Crippen LogP contribution in [0, 0.1) is 10.1 Å². The van der Waals surface area contributed by atoms with Crippen molar-refractivity contribution in [1.82, 2.24) is 0 Å². The maximum Gasteiger partial charge on any atom is 0.324 e. The van der Waals surface area contributed by atoms with Crippen LogP contribution in [-0.4, -0.2) is 11.5 Å². The quantitative estimate of drug-likeness (QED) is 0.443. The number of thiophene rings is 1. The normalized spacial score (nSPS) is 10.4. The van der Waals surface area contributed by atoms with Crippen LogP contribution in [0.25, 0.3) is 10.4 Å². The highest BCUT2D eigenvalue weighted by Gasteiger charge is 2.10. The van der Waals surface area contributed by atoms with Crippen molar-refractivity contribution in [3.63, 3.8) is 0 Å². The van der Waals surface area contributed by atoms with Crippen LogP contribution in [0.1, 0.15) is 19.8 Å². The molecule has 0 fully saturated rings. The molecule has 2 aromatic rings. The zero-order valence-corrected chi connectivity index (χ0v) is 11.5. The van der Waals surface area contributed by atoms with Gasteiger partial charge in [0.1, 0.15) is 5.75 Å². The Balaban J connectivity index is 2.06. The molecule has 0 atom stereocenters. The summed E-state index contributed by atoms with van der Waals surface area (Å²) >= 11 is 1.18. The predicted molar refractivity (Wildman–Crippen MR) is 76.8 cm³/mol. The first kappa shape index (κ1) is 13.5. The van der Waals surface area contributed by atoms with Crippen LogP contribution in [0.3, 0.4) is 0 Å². The zero-order valence-electron chi connectivity index (χ0n) is 10.7. The molecule has 0 N–H and O–H groups in total. The smallest absolute Gasteiger partial charge is 0.324 e. The number of hydrogen-bond donors (Lipinski definition) is 0. The minimum Gasteiger partial charge on any atom is -0.494 e. The molecule has 19 heavy (non-hydrogen) atoms. The van der Waals surface area contributed by atoms with Crippen molar-refractivity contribution in [3.05, 3.63) is 46.5 Å². The number of rotatable bonds is 6. The van der Waals surface area contributed by atoms with Crippen molar-refractivity contribution < 1.29 is 9.66 Å². The van der Waals surface area contributed by atoms with E-state index in [1.807, 2.05) is 24.3 Å². The Morgan fingerprint density at radius 1 is 1.21 bits per heavy atom. The lowest BCUT2D eigenvalue weighted by atomic mass is 10.2. The number of nitro groups is 1. The predicted octanol–water partition coefficient (Wildman–Crippen LogP) is 4.50. The second kappa shape index (κ2) is 6.33. The molecule has 0 aliphatic heterocycles. The first-order chi connectivity index (χ1) is 9.20. The van der Waals surface area contributed by atoms with Crippen molar-refractivity contribution in [2.45, 2.75) is 19.8 Å². The molecule has 0 spiro atoms. The summed E-state index contributed by atoms with van der Waals surface area (Å²) in [4.78, 5) is 11.2. The lowest BCUT2D eigenvalue weighted by molar-refractivity contribution is -0.380. The Labute approximate surface area is 115 Å². The summed E-state index contributed by atoms with van der Waals surface area (Å²) in [5, 5.41) is 10.8. The van der Waals surface area contributed by atoms with Gasteiger partial charge < -0.3 is 4.74 Å². The molecule has 0 saturated heterocycles. The monoisotopic (exact) mass is 277 g/mol. The van der Waals surface area contributed by atoms with Gasteiger partial charge in [-0.3, -0.25) is 10.1 Å². The van der Waals surface area contributed by atoms with E-state index in [9.17, 15) is 10.1 Å². The summed E-state index contributed by atoms with van der Waals surface area (Å²) in [6, 6.07) is 11.0. The molecule has 5 heteroatoms. The summed E-state index contributed by atoms with van der Waals surface area (Å²) in [5.74, 6) is 0.836. The minimum atomic E-state index is -0.365. The summed E-state index contributed by atoms with van der Waals surface area (Å²) in [7, 11) is 0. The summed E-state index contributed by atoms with van der Waals surface area (Å²) in [6.45, 7) is 2.84. The number of ether oxygens (including phenoxy) is 1. The van der Waals surface area contributed by atoms with Crippen LogP contribution < -0.4 is 4.74 Å². The van der Waals surface area contributed by atoms with E-state index >= 15 is 0 Å². The van der Waals surface area contributed by atoms with Crippen molar-refractivity contribution >= 4 is 16.3 Å². The van der Waals surface area contributed by atoms with Crippen molar-refractivity contribution in [1.29, 1.82) is 0 Å². The van der Waals surface area contributed by atoms with Gasteiger partial charge in [-0.1, -0.05) is 24.7 Å². The summed E-state index contributed by atoms with van der Waals surface area (Å²) in [6.07, 6.45) is 2.15. The molecule has 0 saturated carbocycles. The Morgan fingerprint density at radius 2 is 1.95 bits per heavy atom. The van der Waals surface area contributed by atoms with Crippen molar-refractivity contribution in [2.24, 2.45) is 0 Å². The van der Waals surface area contributed by atoms with Gasteiger partial charge >= 0.3 is 5.00 Å². The second-order valence-electron chi connectivity index (χ2n) is 4.12. The van der Waals surface area contributed by atoms with E-state index in [0.717, 1.165) is 35.6 Å². The van der Waals surface area contributed by atoms with E-state index in [0.29, 0.717) is 0 Å². The Bertz CT molecular complexity index is 548. The third-order valence-electron chi connectivity index (χ3n) is 2.68. The highest BCUT2D eigenvalue weighted by atomic mass is 32.1. The maximum absolute atomic E-state index is 10.6. The number of hydrogen-bond acceptors (Lipinski definition) is 4. The van der Waals surface area contributed by atoms with Crippen LogP contribution in [0.5, 0.6) is 5.75 Å². The van der Waals surface area contributed by atoms with E-state index in [-0.39, 0.29) is 9.92 Å². The molecule has 0 radical (unpaired) electrons. The maximum atomic E-state index is 10.6. The SMILES string of the molecule is CCCCOc1ccc(-c2ccc([N+](=O)[O-])s2)cc1. The van der Waals surface area contributed by atoms with E-state index in [1.54, 1.807) is 6.07 Å². The Morgan fingerprint density at radius 3 is 2.53 bits per heavy atom. The molecule has 100 valence electrons. The molecule has 0 aliphatic carbocycles. The molecule has 1 aromatic heterocycles. The first-order valence-corrected chi connectivity index (χ1v) is 7.00. The van der Waals surface area contributed by atoms with E-state index in [4.69, 9.17) is 4.74 Å². The minimum absolute atomic E-state index is 0.165. The Hall–Kier alpha value is -1.88. The molecule has 0 unspecified atom stereocenters. The van der Waals surface area contributed by atoms with Crippen molar-refractivity contribution in [3.8, 4) is 16.2 Å². The fourth-order valence-electron chi connectivity index (χ4n) is 1.63. The average molecular weight is 277 g/mol. The third-order valence-corrected chi connectivity index (χ3v) is 3.76. The zero-order chi connectivity index (χ0) is 13.7. The van der Waals surface area contributed by atoms with Gasteiger partial charge in [-0.25, -0.2) is 0 Å². The fourth-order valence-corrected chi connectivity index (χ4v) is 2.46. The van der Waals surface area contributed by atoms with Gasteiger partial charge in [0, 0.05) is 10.9 Å². The largest absolute Gasteiger partial charge is 0.494 e. The molecule has 4 nitrogen and oxygen atoms in total. The number of unbranched alkanes of at least 4 members (excludes halogenated alkanes) is 1. The topological polar surface area (TPSA) is 52.4 Å². The van der Waals surface area contributed by atoms with E-state index in [2.05, 4.69) is 6.92 Å². The fraction of sp³-hybridized carbons (Fsp3) is 0.286. The van der Waals surface area contributed by atoms with Crippen LogP contribution in [0.4, 0.5) is 5.00 Å². The second-order valence-corrected chi connectivity index (χ2v) is 5.18. The molecular weight excluding hydrogens is 262 g/mol. The average Bonchev–Trinajstić information content (AvgIpc) is 2.90. The highest BCUT2D eigenvalue weighted by molar-refractivity contribution is 7.18. The van der Waals surface area contributed by atoms with Crippen LogP contribution in [0.2, 0.25) is 0 Å². The standard InChI is InChI=1S/C14H15NO3S/c1-2-3-10-18-12-6-4-11(5-7-12)13-8-9-14(19-13)15(16)17/h4-9H,2-3,10H2,1H3. The lowest BCUT2D eigenvalue weighted by Gasteiger charge is -2.05. The third kappa shape index (κ3) is 3.54. The van der Waals surface area contributed by atoms with Gasteiger partial charge in [0.05, 0.1) is 11.5 Å². The van der Waals surface area contributed by atoms with Crippen LogP contribution in [-0.2, 0) is 0 Å². The molecular formula is C14H15NO3S. The highest BCUT2D eigenvalue weighted by Crippen LogP contribution is 2.33. The summed E-state index contributed by atoms with van der Waals surface area (Å²) < 4.78 is 5.58. The molecule has 1 heterocycles. The van der Waals surface area contributed by atoms with Gasteiger partial charge in [-0.05, 0) is 42.3 Å². The molecule has 1 aromatic carbocycles. The molecule has 2 rings (SSSR count). The molecule has 0 aliphatic rings. The molecule has 0 amide bonds. The van der Waals surface area contributed by atoms with E-state index < -0.39 is 0 Å². The van der Waals surface area contributed by atoms with Gasteiger partial charge in [0.2, 0.25) is 0 Å². The number of nitrogens with zero attached hydrogens (tertiary/aromatic N) is 1. The first-order valence-electron chi connectivity index (χ1n) is 6.18. The van der Waals surface area contributed by atoms with Gasteiger partial charge in [-0.15, -0.1) is 0 Å². The van der Waals surface area contributed by atoms with Crippen molar-refractivity contribution in [2.75, 3.05) is 6.61 Å². The summed E-state index contributed by atoms with van der Waals surface area (Å²) in [5.41, 5.74) is 0.973. The van der Waals surface area contributed by atoms with Gasteiger partial charge in [-0.2, -0.15) is 0 Å². The van der Waals surface area contributed by atoms with Crippen LogP contribution >= 0.6 is 11.3 Å². The van der Waals surface area contributed by atoms with Gasteiger partial charge in [0.25, 0.3) is 0 Å². The number of benzene rings is 1. The molecule has 0 bridgehead atoms. The lowest BCUT2D eigenvalue weighted by Crippen LogP contribution is -1.95. The van der Waals surface area contributed by atoms with Crippen LogP contribution in [0.15, 0.2) is 36.4 Å². The van der Waals surface area contributed by atoms with E-state index in [1.165, 1.54) is 17.4 Å².